The Morgan fingerprint density at radius 1 is 1.53 bits per heavy atom. The summed E-state index contributed by atoms with van der Waals surface area (Å²) in [5, 5.41) is 2.47. The summed E-state index contributed by atoms with van der Waals surface area (Å²) >= 11 is 0. The number of para-hydroxylation sites is 1. The quantitative estimate of drug-likeness (QED) is 0.823. The fourth-order valence-corrected chi connectivity index (χ4v) is 1.18. The molecule has 0 saturated heterocycles. The second-order valence-corrected chi connectivity index (χ2v) is 3.06. The highest BCUT2D eigenvalue weighted by Crippen LogP contribution is 2.17. The molecule has 1 amide bonds. The lowest BCUT2D eigenvalue weighted by molar-refractivity contribution is -0.127. The third-order valence-electron chi connectivity index (χ3n) is 2.02. The molecule has 0 unspecified atom stereocenters. The summed E-state index contributed by atoms with van der Waals surface area (Å²) in [6.45, 7) is 1.81. The molecule has 1 aromatic carbocycles. The van der Waals surface area contributed by atoms with Crippen LogP contribution in [-0.4, -0.2) is 19.1 Å². The van der Waals surface area contributed by atoms with Crippen LogP contribution in [0.25, 0.3) is 0 Å². The van der Waals surface area contributed by atoms with Crippen LogP contribution in [0, 0.1) is 5.82 Å². The van der Waals surface area contributed by atoms with E-state index in [0.29, 0.717) is 6.42 Å². The maximum atomic E-state index is 13.2. The van der Waals surface area contributed by atoms with Crippen molar-refractivity contribution in [1.82, 2.24) is 5.32 Å². The van der Waals surface area contributed by atoms with Crippen molar-refractivity contribution in [3.05, 3.63) is 30.1 Å². The maximum absolute atomic E-state index is 13.2. The molecule has 4 heteroatoms. The minimum absolute atomic E-state index is 0.105. The average Bonchev–Trinajstić information content (AvgIpc) is 2.27. The minimum Gasteiger partial charge on any atom is -0.478 e. The molecule has 1 aromatic rings. The van der Waals surface area contributed by atoms with Crippen molar-refractivity contribution in [1.29, 1.82) is 0 Å². The number of carbonyl (C=O) groups excluding carboxylic acids is 1. The zero-order valence-corrected chi connectivity index (χ0v) is 8.79. The SMILES string of the molecule is CC[C@H](Oc1ccccc1F)C(=O)NC. The lowest BCUT2D eigenvalue weighted by atomic mass is 10.2. The van der Waals surface area contributed by atoms with Crippen molar-refractivity contribution in [2.24, 2.45) is 0 Å². The molecule has 0 aliphatic rings. The van der Waals surface area contributed by atoms with Gasteiger partial charge in [0.2, 0.25) is 0 Å². The van der Waals surface area contributed by atoms with Crippen LogP contribution in [-0.2, 0) is 4.79 Å². The number of amides is 1. The molecule has 0 aliphatic heterocycles. The van der Waals surface area contributed by atoms with Gasteiger partial charge in [-0.3, -0.25) is 4.79 Å². The highest BCUT2D eigenvalue weighted by Gasteiger charge is 2.17. The first-order valence-corrected chi connectivity index (χ1v) is 4.81. The predicted molar refractivity (Wildman–Crippen MR) is 55.2 cm³/mol. The summed E-state index contributed by atoms with van der Waals surface area (Å²) in [7, 11) is 1.52. The zero-order chi connectivity index (χ0) is 11.3. The first-order valence-electron chi connectivity index (χ1n) is 4.81. The van der Waals surface area contributed by atoms with Gasteiger partial charge in [-0.25, -0.2) is 4.39 Å². The molecule has 0 heterocycles. The summed E-state index contributed by atoms with van der Waals surface area (Å²) in [5.74, 6) is -0.603. The van der Waals surface area contributed by atoms with Crippen LogP contribution < -0.4 is 10.1 Å². The van der Waals surface area contributed by atoms with E-state index in [1.54, 1.807) is 19.1 Å². The van der Waals surface area contributed by atoms with Crippen molar-refractivity contribution in [3.63, 3.8) is 0 Å². The van der Waals surface area contributed by atoms with Crippen LogP contribution in [0.1, 0.15) is 13.3 Å². The lowest BCUT2D eigenvalue weighted by Crippen LogP contribution is -2.35. The molecule has 0 aliphatic carbocycles. The normalized spacial score (nSPS) is 11.9. The molecule has 1 N–H and O–H groups in total. The van der Waals surface area contributed by atoms with Crippen molar-refractivity contribution in [3.8, 4) is 5.75 Å². The van der Waals surface area contributed by atoms with E-state index in [0.717, 1.165) is 0 Å². The molecule has 82 valence electrons. The van der Waals surface area contributed by atoms with E-state index < -0.39 is 11.9 Å². The van der Waals surface area contributed by atoms with Gasteiger partial charge < -0.3 is 10.1 Å². The van der Waals surface area contributed by atoms with E-state index in [2.05, 4.69) is 5.32 Å². The summed E-state index contributed by atoms with van der Waals surface area (Å²) in [6.07, 6.45) is -0.152. The van der Waals surface area contributed by atoms with E-state index in [4.69, 9.17) is 4.74 Å². The van der Waals surface area contributed by atoms with Gasteiger partial charge >= 0.3 is 0 Å². The Morgan fingerprint density at radius 2 is 2.20 bits per heavy atom. The number of rotatable bonds is 4. The Morgan fingerprint density at radius 3 is 2.73 bits per heavy atom. The van der Waals surface area contributed by atoms with Crippen LogP contribution in [0.4, 0.5) is 4.39 Å². The van der Waals surface area contributed by atoms with Gasteiger partial charge in [0, 0.05) is 7.05 Å². The smallest absolute Gasteiger partial charge is 0.260 e. The number of benzene rings is 1. The molecule has 0 spiro atoms. The largest absolute Gasteiger partial charge is 0.478 e. The monoisotopic (exact) mass is 211 g/mol. The van der Waals surface area contributed by atoms with E-state index in [1.165, 1.54) is 19.2 Å². The van der Waals surface area contributed by atoms with Crippen LogP contribution in [0.3, 0.4) is 0 Å². The van der Waals surface area contributed by atoms with Gasteiger partial charge in [-0.1, -0.05) is 19.1 Å². The van der Waals surface area contributed by atoms with Crippen LogP contribution in [0.15, 0.2) is 24.3 Å². The average molecular weight is 211 g/mol. The minimum atomic E-state index is -0.646. The number of carbonyl (C=O) groups is 1. The molecule has 0 bridgehead atoms. The lowest BCUT2D eigenvalue weighted by Gasteiger charge is -2.16. The Hall–Kier alpha value is -1.58. The van der Waals surface area contributed by atoms with Crippen molar-refractivity contribution in [2.75, 3.05) is 7.05 Å². The molecule has 0 fully saturated rings. The van der Waals surface area contributed by atoms with Gasteiger partial charge in [0.05, 0.1) is 0 Å². The zero-order valence-electron chi connectivity index (χ0n) is 8.79. The van der Waals surface area contributed by atoms with Gasteiger partial charge in [0.25, 0.3) is 5.91 Å². The first-order chi connectivity index (χ1) is 7.19. The molecule has 0 saturated carbocycles. The standard InChI is InChI=1S/C11H14FNO2/c1-3-9(11(14)13-2)15-10-7-5-4-6-8(10)12/h4-7,9H,3H2,1-2H3,(H,13,14)/t9-/m0/s1. The number of hydrogen-bond acceptors (Lipinski definition) is 2. The number of halogens is 1. The molecular weight excluding hydrogens is 197 g/mol. The van der Waals surface area contributed by atoms with Gasteiger partial charge in [-0.05, 0) is 18.6 Å². The van der Waals surface area contributed by atoms with Crippen LogP contribution in [0.2, 0.25) is 0 Å². The third-order valence-corrected chi connectivity index (χ3v) is 2.02. The molecule has 0 aromatic heterocycles. The summed E-state index contributed by atoms with van der Waals surface area (Å²) in [5.41, 5.74) is 0. The van der Waals surface area contributed by atoms with Crippen LogP contribution >= 0.6 is 0 Å². The second-order valence-electron chi connectivity index (χ2n) is 3.06. The third kappa shape index (κ3) is 2.94. The Bertz CT molecular complexity index is 341. The summed E-state index contributed by atoms with van der Waals surface area (Å²) < 4.78 is 18.5. The van der Waals surface area contributed by atoms with Gasteiger partial charge in [-0.15, -0.1) is 0 Å². The number of hydrogen-bond donors (Lipinski definition) is 1. The number of likely N-dealkylation sites (N-methyl/N-ethyl adjacent to an activating group) is 1. The molecule has 15 heavy (non-hydrogen) atoms. The molecular formula is C11H14FNO2. The van der Waals surface area contributed by atoms with E-state index in [1.807, 2.05) is 0 Å². The fourth-order valence-electron chi connectivity index (χ4n) is 1.18. The second kappa shape index (κ2) is 5.34. The highest BCUT2D eigenvalue weighted by molar-refractivity contribution is 5.80. The Balaban J connectivity index is 2.75. The molecule has 0 radical (unpaired) electrons. The van der Waals surface area contributed by atoms with Crippen molar-refractivity contribution < 1.29 is 13.9 Å². The summed E-state index contributed by atoms with van der Waals surface area (Å²) in [6, 6.07) is 6.03. The van der Waals surface area contributed by atoms with Gasteiger partial charge in [0.1, 0.15) is 0 Å². The van der Waals surface area contributed by atoms with E-state index in [-0.39, 0.29) is 11.7 Å². The molecule has 1 atom stereocenters. The predicted octanol–water partition coefficient (Wildman–Crippen LogP) is 1.73. The Kier molecular flexibility index (Phi) is 4.09. The first kappa shape index (κ1) is 11.5. The fraction of sp³-hybridized carbons (Fsp3) is 0.364. The van der Waals surface area contributed by atoms with Gasteiger partial charge in [-0.2, -0.15) is 0 Å². The van der Waals surface area contributed by atoms with E-state index in [9.17, 15) is 9.18 Å². The van der Waals surface area contributed by atoms with Crippen molar-refractivity contribution >= 4 is 5.91 Å². The van der Waals surface area contributed by atoms with Crippen molar-refractivity contribution in [2.45, 2.75) is 19.4 Å². The topological polar surface area (TPSA) is 38.3 Å². The Labute approximate surface area is 88.2 Å². The van der Waals surface area contributed by atoms with Gasteiger partial charge in [0.15, 0.2) is 17.7 Å². The number of ether oxygens (including phenoxy) is 1. The van der Waals surface area contributed by atoms with E-state index >= 15 is 0 Å². The number of nitrogens with one attached hydrogen (secondary N) is 1. The maximum Gasteiger partial charge on any atom is 0.260 e. The summed E-state index contributed by atoms with van der Waals surface area (Å²) in [4.78, 5) is 11.3. The highest BCUT2D eigenvalue weighted by atomic mass is 19.1. The molecule has 1 rings (SSSR count). The molecule has 3 nitrogen and oxygen atoms in total. The van der Waals surface area contributed by atoms with Crippen LogP contribution in [0.5, 0.6) is 5.75 Å².